The molecule has 1 unspecified atom stereocenters. The third kappa shape index (κ3) is 3.02. The largest absolute Gasteiger partial charge is 0.341 e. The van der Waals surface area contributed by atoms with Gasteiger partial charge in [0.05, 0.1) is 12.6 Å². The highest BCUT2D eigenvalue weighted by molar-refractivity contribution is 7.10. The van der Waals surface area contributed by atoms with Crippen LogP contribution in [0.2, 0.25) is 0 Å². The van der Waals surface area contributed by atoms with Crippen molar-refractivity contribution in [3.8, 4) is 0 Å². The summed E-state index contributed by atoms with van der Waals surface area (Å²) in [7, 11) is 0. The summed E-state index contributed by atoms with van der Waals surface area (Å²) in [5, 5.41) is 4.58. The summed E-state index contributed by atoms with van der Waals surface area (Å²) in [6.07, 6.45) is 0.164. The maximum atomic E-state index is 11.1. The van der Waals surface area contributed by atoms with Crippen molar-refractivity contribution < 1.29 is 4.79 Å². The molecule has 0 bridgehead atoms. The second-order valence-electron chi connectivity index (χ2n) is 2.61. The number of rotatable bonds is 3. The molecule has 0 saturated carbocycles. The first kappa shape index (κ1) is 9.22. The molecule has 0 saturated heterocycles. The van der Waals surface area contributed by atoms with Crippen LogP contribution in [0, 0.1) is 0 Å². The van der Waals surface area contributed by atoms with Gasteiger partial charge in [-0.3, -0.25) is 4.79 Å². The van der Waals surface area contributed by atoms with E-state index in [-0.39, 0.29) is 12.1 Å². The molecular weight excluding hydrogens is 172 g/mol. The van der Waals surface area contributed by atoms with Crippen molar-refractivity contribution in [2.75, 3.05) is 0 Å². The minimum absolute atomic E-state index is 0.0209. The molecule has 0 fully saturated rings. The maximum Gasteiger partial charge on any atom is 0.226 e. The Bertz CT molecular complexity index is 244. The third-order valence-corrected chi connectivity index (χ3v) is 2.18. The minimum Gasteiger partial charge on any atom is -0.341 e. The van der Waals surface area contributed by atoms with E-state index in [0.29, 0.717) is 6.42 Å². The Labute approximate surface area is 75.6 Å². The summed E-state index contributed by atoms with van der Waals surface area (Å²) in [6, 6.07) is 3.87. The standard InChI is InChI=1S/C8H12N2OS/c1-6(9)10-8(11)5-7-3-2-4-12-7/h2-4,6H,5,9H2,1H3,(H,10,11). The molecule has 3 N–H and O–H groups in total. The number of hydrogen-bond acceptors (Lipinski definition) is 3. The highest BCUT2D eigenvalue weighted by Gasteiger charge is 2.04. The van der Waals surface area contributed by atoms with Crippen LogP contribution in [0.15, 0.2) is 17.5 Å². The van der Waals surface area contributed by atoms with Gasteiger partial charge in [0.1, 0.15) is 0 Å². The van der Waals surface area contributed by atoms with Crippen LogP contribution < -0.4 is 11.1 Å². The van der Waals surface area contributed by atoms with E-state index in [2.05, 4.69) is 5.32 Å². The van der Waals surface area contributed by atoms with Crippen LogP contribution in [-0.2, 0) is 11.2 Å². The zero-order chi connectivity index (χ0) is 8.97. The van der Waals surface area contributed by atoms with Gasteiger partial charge >= 0.3 is 0 Å². The number of thiophene rings is 1. The zero-order valence-corrected chi connectivity index (χ0v) is 7.73. The second-order valence-corrected chi connectivity index (χ2v) is 3.64. The van der Waals surface area contributed by atoms with Gasteiger partial charge in [-0.15, -0.1) is 11.3 Å². The van der Waals surface area contributed by atoms with Gasteiger partial charge < -0.3 is 11.1 Å². The van der Waals surface area contributed by atoms with Crippen molar-refractivity contribution >= 4 is 17.2 Å². The predicted octanol–water partition coefficient (Wildman–Crippen LogP) is 0.712. The molecule has 0 aliphatic rings. The maximum absolute atomic E-state index is 11.1. The smallest absolute Gasteiger partial charge is 0.226 e. The first-order chi connectivity index (χ1) is 5.68. The molecule has 1 amide bonds. The van der Waals surface area contributed by atoms with Crippen LogP contribution >= 0.6 is 11.3 Å². The third-order valence-electron chi connectivity index (χ3n) is 1.30. The van der Waals surface area contributed by atoms with Crippen molar-refractivity contribution in [2.45, 2.75) is 19.5 Å². The van der Waals surface area contributed by atoms with Gasteiger partial charge in [0.2, 0.25) is 5.91 Å². The van der Waals surface area contributed by atoms with E-state index in [0.717, 1.165) is 4.88 Å². The van der Waals surface area contributed by atoms with Gasteiger partial charge in [-0.25, -0.2) is 0 Å². The molecule has 1 heterocycles. The van der Waals surface area contributed by atoms with Gasteiger partial charge in [0.15, 0.2) is 0 Å². The summed E-state index contributed by atoms with van der Waals surface area (Å²) in [5.41, 5.74) is 5.39. The van der Waals surface area contributed by atoms with E-state index in [1.54, 1.807) is 18.3 Å². The van der Waals surface area contributed by atoms with Crippen molar-refractivity contribution in [1.82, 2.24) is 5.32 Å². The first-order valence-corrected chi connectivity index (χ1v) is 4.64. The van der Waals surface area contributed by atoms with E-state index in [4.69, 9.17) is 5.73 Å². The van der Waals surface area contributed by atoms with Crippen molar-refractivity contribution in [2.24, 2.45) is 5.73 Å². The molecular formula is C8H12N2OS. The fourth-order valence-corrected chi connectivity index (χ4v) is 1.58. The number of nitrogens with one attached hydrogen (secondary N) is 1. The Hall–Kier alpha value is -0.870. The Morgan fingerprint density at radius 3 is 3.08 bits per heavy atom. The van der Waals surface area contributed by atoms with Crippen LogP contribution in [0.1, 0.15) is 11.8 Å². The summed E-state index contributed by atoms with van der Waals surface area (Å²) >= 11 is 1.58. The van der Waals surface area contributed by atoms with Crippen LogP contribution in [0.3, 0.4) is 0 Å². The average Bonchev–Trinajstić information content (AvgIpc) is 2.37. The zero-order valence-electron chi connectivity index (χ0n) is 6.91. The van der Waals surface area contributed by atoms with E-state index in [9.17, 15) is 4.79 Å². The van der Waals surface area contributed by atoms with E-state index < -0.39 is 0 Å². The van der Waals surface area contributed by atoms with Crippen molar-refractivity contribution in [3.05, 3.63) is 22.4 Å². The van der Waals surface area contributed by atoms with Gasteiger partial charge in [-0.2, -0.15) is 0 Å². The van der Waals surface area contributed by atoms with Crippen molar-refractivity contribution in [1.29, 1.82) is 0 Å². The molecule has 12 heavy (non-hydrogen) atoms. The monoisotopic (exact) mass is 184 g/mol. The van der Waals surface area contributed by atoms with Gasteiger partial charge in [-0.05, 0) is 18.4 Å². The highest BCUT2D eigenvalue weighted by Crippen LogP contribution is 2.08. The van der Waals surface area contributed by atoms with Crippen LogP contribution in [0.5, 0.6) is 0 Å². The van der Waals surface area contributed by atoms with Crippen molar-refractivity contribution in [3.63, 3.8) is 0 Å². The van der Waals surface area contributed by atoms with E-state index in [1.165, 1.54) is 0 Å². The molecule has 0 radical (unpaired) electrons. The molecule has 1 aromatic rings. The topological polar surface area (TPSA) is 55.1 Å². The number of amides is 1. The molecule has 1 aromatic heterocycles. The lowest BCUT2D eigenvalue weighted by atomic mass is 10.3. The fourth-order valence-electron chi connectivity index (χ4n) is 0.876. The number of carbonyl (C=O) groups is 1. The molecule has 66 valence electrons. The Kier molecular flexibility index (Phi) is 3.25. The van der Waals surface area contributed by atoms with Gasteiger partial charge in [-0.1, -0.05) is 6.07 Å². The number of carbonyl (C=O) groups excluding carboxylic acids is 1. The lowest BCUT2D eigenvalue weighted by Gasteiger charge is -2.06. The van der Waals surface area contributed by atoms with Crippen LogP contribution in [-0.4, -0.2) is 12.1 Å². The van der Waals surface area contributed by atoms with Crippen LogP contribution in [0.4, 0.5) is 0 Å². The Morgan fingerprint density at radius 2 is 2.58 bits per heavy atom. The second kappa shape index (κ2) is 4.23. The SMILES string of the molecule is CC(N)NC(=O)Cc1cccs1. The van der Waals surface area contributed by atoms with Gasteiger partial charge in [0, 0.05) is 4.88 Å². The molecule has 1 rings (SSSR count). The average molecular weight is 184 g/mol. The molecule has 1 atom stereocenters. The lowest BCUT2D eigenvalue weighted by Crippen LogP contribution is -2.39. The quantitative estimate of drug-likeness (QED) is 0.680. The van der Waals surface area contributed by atoms with Gasteiger partial charge in [0.25, 0.3) is 0 Å². The molecule has 4 heteroatoms. The number of nitrogens with two attached hydrogens (primary N) is 1. The minimum atomic E-state index is -0.266. The van der Waals surface area contributed by atoms with E-state index in [1.807, 2.05) is 17.5 Å². The Balaban J connectivity index is 2.37. The normalized spacial score (nSPS) is 12.5. The summed E-state index contributed by atoms with van der Waals surface area (Å²) in [4.78, 5) is 12.2. The molecule has 0 aliphatic carbocycles. The predicted molar refractivity (Wildman–Crippen MR) is 49.8 cm³/mol. The first-order valence-electron chi connectivity index (χ1n) is 3.76. The molecule has 0 aliphatic heterocycles. The lowest BCUT2D eigenvalue weighted by molar-refractivity contribution is -0.120. The number of hydrogen-bond donors (Lipinski definition) is 2. The summed E-state index contributed by atoms with van der Waals surface area (Å²) in [6.45, 7) is 1.74. The van der Waals surface area contributed by atoms with Crippen LogP contribution in [0.25, 0.3) is 0 Å². The summed E-state index contributed by atoms with van der Waals surface area (Å²) < 4.78 is 0. The highest BCUT2D eigenvalue weighted by atomic mass is 32.1. The summed E-state index contributed by atoms with van der Waals surface area (Å²) in [5.74, 6) is -0.0209. The molecule has 0 spiro atoms. The Morgan fingerprint density at radius 1 is 1.83 bits per heavy atom. The van der Waals surface area contributed by atoms with E-state index >= 15 is 0 Å². The fraction of sp³-hybridized carbons (Fsp3) is 0.375. The molecule has 0 aromatic carbocycles. The molecule has 3 nitrogen and oxygen atoms in total.